The van der Waals surface area contributed by atoms with Crippen molar-refractivity contribution < 1.29 is 4.57 Å². The molecule has 1 rings (SSSR count). The molecule has 0 aliphatic rings. The van der Waals surface area contributed by atoms with Gasteiger partial charge in [-0.2, -0.15) is 5.10 Å². The molecule has 0 atom stereocenters. The summed E-state index contributed by atoms with van der Waals surface area (Å²) in [6, 6.07) is 0. The van der Waals surface area contributed by atoms with Gasteiger partial charge in [0.1, 0.15) is 6.20 Å². The molecule has 1 aromatic heterocycles. The quantitative estimate of drug-likeness (QED) is 0.354. The van der Waals surface area contributed by atoms with Crippen molar-refractivity contribution in [2.75, 3.05) is 14.1 Å². The summed E-state index contributed by atoms with van der Waals surface area (Å²) in [4.78, 5) is 2.97. The van der Waals surface area contributed by atoms with Crippen LogP contribution in [0.25, 0.3) is 0 Å². The number of aromatic nitrogens is 2. The minimum Gasteiger partial charge on any atom is -0.303 e. The van der Waals surface area contributed by atoms with Crippen LogP contribution in [0, 0.1) is 0 Å². The lowest BCUT2D eigenvalue weighted by molar-refractivity contribution is -0.670. The van der Waals surface area contributed by atoms with E-state index in [0.717, 1.165) is 5.69 Å². The van der Waals surface area contributed by atoms with Crippen molar-refractivity contribution in [2.45, 2.75) is 0 Å². The molecular weight excluding hydrogens is 140 g/mol. The number of hydrogen-bond donors (Lipinski definition) is 1. The van der Waals surface area contributed by atoms with Gasteiger partial charge in [-0.15, -0.1) is 0 Å². The zero-order valence-electron chi connectivity index (χ0n) is 7.07. The van der Waals surface area contributed by atoms with Crippen LogP contribution >= 0.6 is 0 Å². The first-order valence-electron chi connectivity index (χ1n) is 3.44. The van der Waals surface area contributed by atoms with E-state index in [-0.39, 0.29) is 0 Å². The summed E-state index contributed by atoms with van der Waals surface area (Å²) in [7, 11) is 5.75. The molecule has 0 aromatic carbocycles. The van der Waals surface area contributed by atoms with E-state index in [4.69, 9.17) is 0 Å². The van der Waals surface area contributed by atoms with E-state index in [2.05, 4.69) is 10.1 Å². The second-order valence-corrected chi connectivity index (χ2v) is 2.57. The summed E-state index contributed by atoms with van der Waals surface area (Å²) in [5.74, 6) is 0. The van der Waals surface area contributed by atoms with Gasteiger partial charge in [0.25, 0.3) is 0 Å². The normalized spacial score (nSPS) is 10.8. The van der Waals surface area contributed by atoms with Gasteiger partial charge in [0.05, 0.1) is 13.3 Å². The Morgan fingerprint density at radius 1 is 1.64 bits per heavy atom. The van der Waals surface area contributed by atoms with Crippen molar-refractivity contribution in [3.8, 4) is 0 Å². The maximum absolute atomic E-state index is 4.10. The number of aromatic amines is 1. The van der Waals surface area contributed by atoms with E-state index in [1.807, 2.05) is 38.2 Å². The van der Waals surface area contributed by atoms with Gasteiger partial charge in [-0.3, -0.25) is 0 Å². The largest absolute Gasteiger partial charge is 0.303 e. The van der Waals surface area contributed by atoms with Gasteiger partial charge in [0, 0.05) is 14.1 Å². The lowest BCUT2D eigenvalue weighted by Gasteiger charge is -2.00. The Morgan fingerprint density at radius 3 is 2.82 bits per heavy atom. The fourth-order valence-corrected chi connectivity index (χ4v) is 0.714. The van der Waals surface area contributed by atoms with E-state index in [1.165, 1.54) is 0 Å². The summed E-state index contributed by atoms with van der Waals surface area (Å²) in [6.07, 6.45) is 5.57. The standard InChI is InChI=1S/C7H12N4/c1-10(2)9-5-7-4-8-6-11(7)3/h4-6H,1-3H3/p+1/b9-5+. The molecule has 0 aliphatic carbocycles. The molecule has 0 fully saturated rings. The van der Waals surface area contributed by atoms with Crippen molar-refractivity contribution in [3.05, 3.63) is 18.2 Å². The van der Waals surface area contributed by atoms with Crippen LogP contribution in [-0.4, -0.2) is 30.3 Å². The Bertz CT molecular complexity index is 249. The Balaban J connectivity index is 2.71. The van der Waals surface area contributed by atoms with Crippen LogP contribution < -0.4 is 4.57 Å². The third-order valence-electron chi connectivity index (χ3n) is 1.33. The zero-order chi connectivity index (χ0) is 8.27. The van der Waals surface area contributed by atoms with Crippen LogP contribution in [-0.2, 0) is 7.05 Å². The van der Waals surface area contributed by atoms with Gasteiger partial charge < -0.3 is 5.01 Å². The minimum atomic E-state index is 1.05. The Labute approximate surface area is 66.2 Å². The average molecular weight is 153 g/mol. The molecule has 11 heavy (non-hydrogen) atoms. The highest BCUT2D eigenvalue weighted by atomic mass is 15.4. The summed E-state index contributed by atoms with van der Waals surface area (Å²) >= 11 is 0. The first kappa shape index (κ1) is 7.78. The number of nitrogens with one attached hydrogen (secondary N) is 1. The number of nitrogens with zero attached hydrogens (tertiary/aromatic N) is 3. The Morgan fingerprint density at radius 2 is 2.36 bits per heavy atom. The van der Waals surface area contributed by atoms with Gasteiger partial charge in [-0.1, -0.05) is 0 Å². The molecular formula is C7H13N4+. The third-order valence-corrected chi connectivity index (χ3v) is 1.33. The van der Waals surface area contributed by atoms with Gasteiger partial charge in [0.2, 0.25) is 6.33 Å². The van der Waals surface area contributed by atoms with E-state index >= 15 is 0 Å². The van der Waals surface area contributed by atoms with Crippen LogP contribution in [0.15, 0.2) is 17.6 Å². The Kier molecular flexibility index (Phi) is 2.25. The second kappa shape index (κ2) is 3.18. The van der Waals surface area contributed by atoms with E-state index in [0.29, 0.717) is 0 Å². The van der Waals surface area contributed by atoms with Crippen LogP contribution in [0.1, 0.15) is 5.69 Å². The van der Waals surface area contributed by atoms with E-state index < -0.39 is 0 Å². The van der Waals surface area contributed by atoms with Crippen LogP contribution in [0.5, 0.6) is 0 Å². The average Bonchev–Trinajstić information content (AvgIpc) is 2.31. The fourth-order valence-electron chi connectivity index (χ4n) is 0.714. The highest BCUT2D eigenvalue weighted by Crippen LogP contribution is 1.82. The maximum atomic E-state index is 4.10. The molecule has 0 saturated heterocycles. The van der Waals surface area contributed by atoms with Crippen molar-refractivity contribution in [3.63, 3.8) is 0 Å². The monoisotopic (exact) mass is 153 g/mol. The van der Waals surface area contributed by atoms with Gasteiger partial charge in [0.15, 0.2) is 5.69 Å². The number of hydrogen-bond acceptors (Lipinski definition) is 2. The molecule has 1 aromatic rings. The van der Waals surface area contributed by atoms with Crippen molar-refractivity contribution >= 4 is 6.21 Å². The SMILES string of the molecule is CN(C)/N=C/c1c[nH]c[n+]1C. The van der Waals surface area contributed by atoms with Crippen LogP contribution in [0.3, 0.4) is 0 Å². The topological polar surface area (TPSA) is 35.3 Å². The van der Waals surface area contributed by atoms with Crippen molar-refractivity contribution in [2.24, 2.45) is 12.1 Å². The summed E-state index contributed by atoms with van der Waals surface area (Å²) in [5, 5.41) is 5.85. The maximum Gasteiger partial charge on any atom is 0.241 e. The molecule has 0 bridgehead atoms. The Hall–Kier alpha value is -1.32. The number of H-pyrrole nitrogens is 1. The molecule has 4 nitrogen and oxygen atoms in total. The lowest BCUT2D eigenvalue weighted by atomic mass is 10.5. The van der Waals surface area contributed by atoms with Gasteiger partial charge in [-0.05, 0) is 0 Å². The number of hydrazone groups is 1. The van der Waals surface area contributed by atoms with Gasteiger partial charge >= 0.3 is 0 Å². The zero-order valence-corrected chi connectivity index (χ0v) is 7.07. The molecule has 0 radical (unpaired) electrons. The second-order valence-electron chi connectivity index (χ2n) is 2.57. The van der Waals surface area contributed by atoms with Crippen molar-refractivity contribution in [1.82, 2.24) is 9.99 Å². The highest BCUT2D eigenvalue weighted by Gasteiger charge is 1.99. The van der Waals surface area contributed by atoms with Crippen molar-refractivity contribution in [1.29, 1.82) is 0 Å². The highest BCUT2D eigenvalue weighted by molar-refractivity contribution is 5.74. The summed E-state index contributed by atoms with van der Waals surface area (Å²) < 4.78 is 1.97. The predicted molar refractivity (Wildman–Crippen MR) is 43.2 cm³/mol. The molecule has 1 N–H and O–H groups in total. The molecule has 0 amide bonds. The van der Waals surface area contributed by atoms with E-state index in [1.54, 1.807) is 11.2 Å². The third kappa shape index (κ3) is 2.07. The molecule has 0 saturated carbocycles. The smallest absolute Gasteiger partial charge is 0.241 e. The molecule has 0 unspecified atom stereocenters. The predicted octanol–water partition coefficient (Wildman–Crippen LogP) is -0.265. The molecule has 1 heterocycles. The number of aryl methyl sites for hydroxylation is 1. The molecule has 0 spiro atoms. The molecule has 4 heteroatoms. The molecule has 60 valence electrons. The summed E-state index contributed by atoms with van der Waals surface area (Å²) in [5.41, 5.74) is 1.05. The number of rotatable bonds is 2. The van der Waals surface area contributed by atoms with Crippen LogP contribution in [0.4, 0.5) is 0 Å². The minimum absolute atomic E-state index is 1.05. The van der Waals surface area contributed by atoms with E-state index in [9.17, 15) is 0 Å². The fraction of sp³-hybridized carbons (Fsp3) is 0.429. The first-order chi connectivity index (χ1) is 5.20. The first-order valence-corrected chi connectivity index (χ1v) is 3.44. The lowest BCUT2D eigenvalue weighted by Crippen LogP contribution is -2.29. The number of imidazole rings is 1. The summed E-state index contributed by atoms with van der Waals surface area (Å²) in [6.45, 7) is 0. The molecule has 0 aliphatic heterocycles. The van der Waals surface area contributed by atoms with Crippen LogP contribution in [0.2, 0.25) is 0 Å². The van der Waals surface area contributed by atoms with Gasteiger partial charge in [-0.25, -0.2) is 9.55 Å².